The first-order valence-corrected chi connectivity index (χ1v) is 27.2. The zero-order chi connectivity index (χ0) is 49.3. The van der Waals surface area contributed by atoms with Crippen LogP contribution in [0.2, 0.25) is 0 Å². The van der Waals surface area contributed by atoms with Crippen LogP contribution in [0.5, 0.6) is 0 Å². The van der Waals surface area contributed by atoms with E-state index in [1.54, 1.807) is 6.20 Å². The average molecular weight is 979 g/mol. The molecule has 1 unspecified atom stereocenters. The fourth-order valence-corrected chi connectivity index (χ4v) is 13.0. The summed E-state index contributed by atoms with van der Waals surface area (Å²) in [6, 6.07) is 13.9. The Balaban J connectivity index is 0.675. The maximum Gasteiger partial charge on any atom is 0.238 e. The highest BCUT2D eigenvalue weighted by molar-refractivity contribution is 6.09. The van der Waals surface area contributed by atoms with Crippen LogP contribution in [0.25, 0.3) is 22.3 Å². The van der Waals surface area contributed by atoms with Gasteiger partial charge in [-0.15, -0.1) is 0 Å². The Hall–Kier alpha value is -5.94. The van der Waals surface area contributed by atoms with E-state index >= 15 is 4.79 Å². The van der Waals surface area contributed by atoms with Crippen molar-refractivity contribution in [1.29, 1.82) is 0 Å². The minimum absolute atomic E-state index is 0.0678. The van der Waals surface area contributed by atoms with E-state index in [4.69, 9.17) is 9.97 Å². The molecule has 2 saturated carbocycles. The predicted octanol–water partition coefficient (Wildman–Crippen LogP) is 5.45. The molecule has 4 aromatic rings. The molecule has 2 aliphatic carbocycles. The molecule has 1 spiro atoms. The molecule has 1 atom stereocenters. The Labute approximate surface area is 422 Å². The van der Waals surface area contributed by atoms with Crippen LogP contribution >= 0.6 is 0 Å². The highest BCUT2D eigenvalue weighted by atomic mass is 16.2. The molecule has 1 aromatic carbocycles. The highest BCUT2D eigenvalue weighted by Crippen LogP contribution is 2.52. The van der Waals surface area contributed by atoms with E-state index in [0.29, 0.717) is 96.7 Å². The van der Waals surface area contributed by atoms with Crippen molar-refractivity contribution in [2.75, 3.05) is 87.1 Å². The number of benzene rings is 1. The van der Waals surface area contributed by atoms with Gasteiger partial charge in [-0.1, -0.05) is 24.6 Å². The normalized spacial score (nSPS) is 25.3. The van der Waals surface area contributed by atoms with Crippen LogP contribution < -0.4 is 20.4 Å². The first kappa shape index (κ1) is 47.1. The number of hydrogen-bond donors (Lipinski definition) is 2. The number of anilines is 3. The Bertz CT molecular complexity index is 2740. The fraction of sp³-hybridized carbons (Fsp3) is 0.600. The largest absolute Gasteiger partial charge is 0.366 e. The van der Waals surface area contributed by atoms with Gasteiger partial charge in [-0.05, 0) is 127 Å². The number of rotatable bonds is 11. The number of carbonyl (C=O) groups excluding carboxylic acids is 5. The predicted molar refractivity (Wildman–Crippen MR) is 275 cm³/mol. The molecule has 72 heavy (non-hydrogen) atoms. The number of amides is 5. The third-order valence-electron chi connectivity index (χ3n) is 17.7. The molecule has 3 aromatic heterocycles. The number of hydrogen-bond acceptors (Lipinski definition) is 12. The molecule has 5 saturated heterocycles. The number of aromatic nitrogens is 4. The van der Waals surface area contributed by atoms with Gasteiger partial charge in [-0.3, -0.25) is 34.2 Å². The van der Waals surface area contributed by atoms with Crippen molar-refractivity contribution in [3.8, 4) is 11.3 Å². The summed E-state index contributed by atoms with van der Waals surface area (Å²) in [7, 11) is 0. The van der Waals surface area contributed by atoms with Gasteiger partial charge in [0.25, 0.3) is 0 Å². The lowest BCUT2D eigenvalue weighted by atomic mass is 9.73. The number of imidazole rings is 1. The number of piperazine rings is 1. The summed E-state index contributed by atoms with van der Waals surface area (Å²) >= 11 is 0. The molecular weight excluding hydrogens is 909 g/mol. The van der Waals surface area contributed by atoms with Crippen molar-refractivity contribution in [3.05, 3.63) is 60.0 Å². The summed E-state index contributed by atoms with van der Waals surface area (Å²) in [4.78, 5) is 94.7. The molecule has 380 valence electrons. The molecule has 12 rings (SSSR count). The van der Waals surface area contributed by atoms with Gasteiger partial charge in [0.1, 0.15) is 11.3 Å². The van der Waals surface area contributed by atoms with Gasteiger partial charge in [-0.2, -0.15) is 0 Å². The smallest absolute Gasteiger partial charge is 0.238 e. The third kappa shape index (κ3) is 8.81. The summed E-state index contributed by atoms with van der Waals surface area (Å²) in [6.07, 6.45) is 15.4. The quantitative estimate of drug-likeness (QED) is 0.182. The first-order valence-electron chi connectivity index (χ1n) is 27.2. The Kier molecular flexibility index (Phi) is 12.5. The second-order valence-electron chi connectivity index (χ2n) is 22.4. The second kappa shape index (κ2) is 19.2. The average Bonchev–Trinajstić information content (AvgIpc) is 4.05. The number of piperidine rings is 4. The fourth-order valence-electron chi connectivity index (χ4n) is 13.0. The highest BCUT2D eigenvalue weighted by Gasteiger charge is 2.56. The van der Waals surface area contributed by atoms with Crippen LogP contribution in [0.3, 0.4) is 0 Å². The molecule has 0 radical (unpaired) electrons. The van der Waals surface area contributed by atoms with E-state index in [1.165, 1.54) is 19.3 Å². The molecule has 7 fully saturated rings. The van der Waals surface area contributed by atoms with Gasteiger partial charge in [0, 0.05) is 106 Å². The molecule has 8 aliphatic rings. The molecular formula is C55H70N12O5. The minimum atomic E-state index is -0.628. The zero-order valence-electron chi connectivity index (χ0n) is 42.1. The van der Waals surface area contributed by atoms with Gasteiger partial charge in [0.15, 0.2) is 5.82 Å². The number of pyridine rings is 2. The van der Waals surface area contributed by atoms with Gasteiger partial charge in [0.2, 0.25) is 29.5 Å². The van der Waals surface area contributed by atoms with E-state index in [1.807, 2.05) is 28.3 Å². The molecule has 17 nitrogen and oxygen atoms in total. The third-order valence-corrected chi connectivity index (χ3v) is 17.7. The lowest BCUT2D eigenvalue weighted by Crippen LogP contribution is -2.58. The molecule has 6 aliphatic heterocycles. The summed E-state index contributed by atoms with van der Waals surface area (Å²) in [5.74, 6) is 1.25. The topological polar surface area (TPSA) is 172 Å². The lowest BCUT2D eigenvalue weighted by Gasteiger charge is -2.48. The van der Waals surface area contributed by atoms with Crippen molar-refractivity contribution in [1.82, 2.24) is 44.4 Å². The number of carbonyl (C=O) groups is 5. The van der Waals surface area contributed by atoms with Crippen molar-refractivity contribution < 1.29 is 24.0 Å². The van der Waals surface area contributed by atoms with Gasteiger partial charge in [0.05, 0.1) is 35.4 Å². The first-order chi connectivity index (χ1) is 35.0. The van der Waals surface area contributed by atoms with Crippen molar-refractivity contribution in [2.45, 2.75) is 133 Å². The summed E-state index contributed by atoms with van der Waals surface area (Å²) in [5.41, 5.74) is 6.15. The van der Waals surface area contributed by atoms with E-state index < -0.39 is 5.41 Å². The number of likely N-dealkylation sites (tertiary alicyclic amines) is 2. The zero-order valence-corrected chi connectivity index (χ0v) is 42.1. The van der Waals surface area contributed by atoms with Crippen LogP contribution in [-0.2, 0) is 29.4 Å². The Morgan fingerprint density at radius 1 is 0.806 bits per heavy atom. The van der Waals surface area contributed by atoms with E-state index in [2.05, 4.69) is 77.9 Å². The van der Waals surface area contributed by atoms with Crippen LogP contribution in [0, 0.1) is 5.92 Å². The van der Waals surface area contributed by atoms with Crippen molar-refractivity contribution >= 4 is 57.9 Å². The van der Waals surface area contributed by atoms with E-state index in [9.17, 15) is 19.2 Å². The van der Waals surface area contributed by atoms with Gasteiger partial charge < -0.3 is 34.4 Å². The van der Waals surface area contributed by atoms with Crippen molar-refractivity contribution in [2.24, 2.45) is 5.92 Å². The number of imide groups is 1. The summed E-state index contributed by atoms with van der Waals surface area (Å²) in [6.45, 7) is 11.8. The molecule has 17 heteroatoms. The Morgan fingerprint density at radius 3 is 2.25 bits per heavy atom. The monoisotopic (exact) mass is 979 g/mol. The Morgan fingerprint density at radius 2 is 1.56 bits per heavy atom. The standard InChI is InChI=1S/C55H70N12O5/c1-35(2)66-34-57-45-31-44(59-51(50(45)66)58-39-8-9-39)37-6-11-43-46(28-37)67(41-29-40(30-41)62-18-4-3-5-19-62)54(72)55(43)16-22-61(23-17-55)33-49(69)64-24-26-65(27-25-64)53(71)36-14-20-63(21-15-36)47-12-7-38(32-56-47)42-10-13-48(68)60-52(42)70/h6-7,11-12,28,31-32,34-36,39-42H,3-5,8-10,13-27,29-30,33H2,1-2H3,(H,58,59)(H,60,68,70). The van der Waals surface area contributed by atoms with E-state index in [0.717, 1.165) is 102 Å². The maximum atomic E-state index is 15.2. The second-order valence-corrected chi connectivity index (χ2v) is 22.4. The SMILES string of the molecule is CC(C)n1cnc2cc(-c3ccc4c(c3)N(C3CC(N5CCCCC5)C3)C(=O)C43CCN(CC(=O)N4CCN(C(=O)C5CCN(c6ccc(C7CCC(=O)NC7=O)cn6)CC5)CC4)CC3)nc(NC3CC3)c21. The van der Waals surface area contributed by atoms with Crippen LogP contribution in [-0.4, -0.2) is 159 Å². The van der Waals surface area contributed by atoms with Crippen LogP contribution in [0.1, 0.15) is 120 Å². The van der Waals surface area contributed by atoms with Crippen LogP contribution in [0.15, 0.2) is 48.9 Å². The summed E-state index contributed by atoms with van der Waals surface area (Å²) < 4.78 is 2.20. The molecule has 5 amide bonds. The molecule has 0 bridgehead atoms. The lowest BCUT2D eigenvalue weighted by molar-refractivity contribution is -0.143. The number of fused-ring (bicyclic) bond motifs is 3. The van der Waals surface area contributed by atoms with Crippen LogP contribution in [0.4, 0.5) is 17.3 Å². The minimum Gasteiger partial charge on any atom is -0.366 e. The van der Waals surface area contributed by atoms with Crippen molar-refractivity contribution in [3.63, 3.8) is 0 Å². The molecule has 2 N–H and O–H groups in total. The van der Waals surface area contributed by atoms with E-state index in [-0.39, 0.29) is 53.5 Å². The molecule has 9 heterocycles. The maximum absolute atomic E-state index is 15.2. The number of nitrogens with one attached hydrogen (secondary N) is 2. The summed E-state index contributed by atoms with van der Waals surface area (Å²) in [5, 5.41) is 6.13. The number of nitrogens with zero attached hydrogens (tertiary/aromatic N) is 10. The van der Waals surface area contributed by atoms with Gasteiger partial charge >= 0.3 is 0 Å². The van der Waals surface area contributed by atoms with Gasteiger partial charge in [-0.25, -0.2) is 15.0 Å².